The third kappa shape index (κ3) is 1.90. The molecule has 1 atom stereocenters. The van der Waals surface area contributed by atoms with Crippen molar-refractivity contribution in [3.63, 3.8) is 0 Å². The number of halogens is 2. The molecular weight excluding hydrogens is 340 g/mol. The number of hydrogen-bond acceptors (Lipinski definition) is 3. The molecule has 2 N–H and O–H groups in total. The third-order valence-corrected chi connectivity index (χ3v) is 3.71. The van der Waals surface area contributed by atoms with E-state index < -0.39 is 17.3 Å². The van der Waals surface area contributed by atoms with Crippen LogP contribution in [0.5, 0.6) is 5.75 Å². The minimum absolute atomic E-state index is 0.0792. The van der Waals surface area contributed by atoms with Crippen LogP contribution in [0.25, 0.3) is 0 Å². The van der Waals surface area contributed by atoms with Crippen molar-refractivity contribution in [1.29, 1.82) is 0 Å². The van der Waals surface area contributed by atoms with E-state index in [4.69, 9.17) is 0 Å². The summed E-state index contributed by atoms with van der Waals surface area (Å²) < 4.78 is 14.2. The molecule has 90 valence electrons. The number of carbonyl (C=O) groups is 2. The van der Waals surface area contributed by atoms with Crippen LogP contribution < -0.4 is 5.32 Å². The van der Waals surface area contributed by atoms with Crippen LogP contribution in [0.2, 0.25) is 0 Å². The van der Waals surface area contributed by atoms with Crippen molar-refractivity contribution in [2.45, 2.75) is 18.9 Å². The SMILES string of the molecule is CC1(c2cc(I)c(O)cc2F)NC(=O)CC1=O. The van der Waals surface area contributed by atoms with Crippen molar-refractivity contribution in [3.05, 3.63) is 27.1 Å². The molecule has 1 aliphatic rings. The van der Waals surface area contributed by atoms with E-state index in [0.717, 1.165) is 6.07 Å². The summed E-state index contributed by atoms with van der Waals surface area (Å²) in [6, 6.07) is 2.31. The molecule has 2 rings (SSSR count). The molecule has 0 bridgehead atoms. The summed E-state index contributed by atoms with van der Waals surface area (Å²) in [7, 11) is 0. The Labute approximate surface area is 110 Å². The first-order valence-electron chi connectivity index (χ1n) is 4.87. The number of aromatic hydroxyl groups is 1. The van der Waals surface area contributed by atoms with Gasteiger partial charge in [0.05, 0.1) is 9.99 Å². The molecule has 1 saturated heterocycles. The summed E-state index contributed by atoms with van der Waals surface area (Å²) in [6.45, 7) is 1.46. The maximum atomic E-state index is 13.8. The molecule has 1 unspecified atom stereocenters. The van der Waals surface area contributed by atoms with E-state index >= 15 is 0 Å². The van der Waals surface area contributed by atoms with Gasteiger partial charge >= 0.3 is 0 Å². The molecule has 1 aliphatic heterocycles. The predicted molar refractivity (Wildman–Crippen MR) is 65.9 cm³/mol. The number of phenolic OH excluding ortho intramolecular Hbond substituents is 1. The average molecular weight is 349 g/mol. The van der Waals surface area contributed by atoms with Gasteiger partial charge in [-0.2, -0.15) is 0 Å². The van der Waals surface area contributed by atoms with Crippen LogP contribution in [-0.4, -0.2) is 16.8 Å². The molecular formula is C11H9FINO3. The Morgan fingerprint density at radius 2 is 2.12 bits per heavy atom. The molecule has 4 nitrogen and oxygen atoms in total. The lowest BCUT2D eigenvalue weighted by atomic mass is 9.89. The zero-order valence-corrected chi connectivity index (χ0v) is 11.0. The van der Waals surface area contributed by atoms with Crippen LogP contribution in [0.1, 0.15) is 18.9 Å². The largest absolute Gasteiger partial charge is 0.507 e. The monoisotopic (exact) mass is 349 g/mol. The predicted octanol–water partition coefficient (Wildman–Crippen LogP) is 1.44. The second kappa shape index (κ2) is 3.94. The van der Waals surface area contributed by atoms with Crippen molar-refractivity contribution in [2.75, 3.05) is 0 Å². The number of rotatable bonds is 1. The van der Waals surface area contributed by atoms with Gasteiger partial charge in [-0.1, -0.05) is 0 Å². The van der Waals surface area contributed by atoms with Crippen molar-refractivity contribution < 1.29 is 19.1 Å². The molecule has 17 heavy (non-hydrogen) atoms. The van der Waals surface area contributed by atoms with E-state index in [1.807, 2.05) is 22.6 Å². The molecule has 1 aromatic rings. The van der Waals surface area contributed by atoms with E-state index in [1.165, 1.54) is 13.0 Å². The van der Waals surface area contributed by atoms with Gasteiger partial charge in [0.2, 0.25) is 5.91 Å². The smallest absolute Gasteiger partial charge is 0.228 e. The Balaban J connectivity index is 2.58. The summed E-state index contributed by atoms with van der Waals surface area (Å²) in [5.74, 6) is -1.68. The lowest BCUT2D eigenvalue weighted by Crippen LogP contribution is -2.41. The first-order valence-corrected chi connectivity index (χ1v) is 5.95. The second-order valence-electron chi connectivity index (χ2n) is 4.06. The minimum Gasteiger partial charge on any atom is -0.507 e. The normalized spacial score (nSPS) is 23.9. The van der Waals surface area contributed by atoms with Gasteiger partial charge in [-0.05, 0) is 35.6 Å². The number of nitrogens with one attached hydrogen (secondary N) is 1. The first kappa shape index (κ1) is 12.3. The van der Waals surface area contributed by atoms with Crippen molar-refractivity contribution >= 4 is 34.3 Å². The highest BCUT2D eigenvalue weighted by molar-refractivity contribution is 14.1. The van der Waals surface area contributed by atoms with Gasteiger partial charge in [0.1, 0.15) is 17.1 Å². The van der Waals surface area contributed by atoms with E-state index in [2.05, 4.69) is 5.32 Å². The molecule has 6 heteroatoms. The molecule has 1 amide bonds. The van der Waals surface area contributed by atoms with Crippen LogP contribution in [-0.2, 0) is 15.1 Å². The number of carbonyl (C=O) groups excluding carboxylic acids is 2. The van der Waals surface area contributed by atoms with Crippen LogP contribution in [0.15, 0.2) is 12.1 Å². The second-order valence-corrected chi connectivity index (χ2v) is 5.22. The standard InChI is InChI=1S/C11H9FINO3/c1-11(9(16)4-10(17)14-11)5-2-7(13)8(15)3-6(5)12/h2-3,15H,4H2,1H3,(H,14,17). The van der Waals surface area contributed by atoms with Crippen LogP contribution >= 0.6 is 22.6 Å². The molecule has 0 radical (unpaired) electrons. The Kier molecular flexibility index (Phi) is 2.84. The van der Waals surface area contributed by atoms with Gasteiger partial charge in [0, 0.05) is 11.6 Å². The van der Waals surface area contributed by atoms with Crippen LogP contribution in [0, 0.1) is 9.39 Å². The maximum Gasteiger partial charge on any atom is 0.228 e. The lowest BCUT2D eigenvalue weighted by molar-refractivity contribution is -0.123. The molecule has 0 aromatic heterocycles. The summed E-state index contributed by atoms with van der Waals surface area (Å²) in [5.41, 5.74) is -1.26. The molecule has 1 aromatic carbocycles. The van der Waals surface area contributed by atoms with E-state index in [9.17, 15) is 19.1 Å². The van der Waals surface area contributed by atoms with Crippen molar-refractivity contribution in [2.24, 2.45) is 0 Å². The van der Waals surface area contributed by atoms with Gasteiger partial charge in [0.25, 0.3) is 0 Å². The highest BCUT2D eigenvalue weighted by Crippen LogP contribution is 2.33. The number of ketones is 1. The number of phenols is 1. The van der Waals surface area contributed by atoms with E-state index in [0.29, 0.717) is 3.57 Å². The lowest BCUT2D eigenvalue weighted by Gasteiger charge is -2.23. The van der Waals surface area contributed by atoms with Gasteiger partial charge in [-0.15, -0.1) is 0 Å². The first-order chi connectivity index (χ1) is 7.84. The molecule has 1 heterocycles. The van der Waals surface area contributed by atoms with Gasteiger partial charge < -0.3 is 10.4 Å². The van der Waals surface area contributed by atoms with Crippen molar-refractivity contribution in [3.8, 4) is 5.75 Å². The highest BCUT2D eigenvalue weighted by atomic mass is 127. The molecule has 0 spiro atoms. The zero-order valence-electron chi connectivity index (χ0n) is 8.88. The fourth-order valence-electron chi connectivity index (χ4n) is 1.85. The zero-order chi connectivity index (χ0) is 12.8. The van der Waals surface area contributed by atoms with Crippen molar-refractivity contribution in [1.82, 2.24) is 5.32 Å². The van der Waals surface area contributed by atoms with E-state index in [-0.39, 0.29) is 23.5 Å². The highest BCUT2D eigenvalue weighted by Gasteiger charge is 2.45. The number of benzene rings is 1. The third-order valence-electron chi connectivity index (χ3n) is 2.84. The average Bonchev–Trinajstić information content (AvgIpc) is 2.47. The van der Waals surface area contributed by atoms with Gasteiger partial charge in [-0.25, -0.2) is 4.39 Å². The van der Waals surface area contributed by atoms with Crippen LogP contribution in [0.4, 0.5) is 4.39 Å². The summed E-state index contributed by atoms with van der Waals surface area (Å²) >= 11 is 1.83. The summed E-state index contributed by atoms with van der Waals surface area (Å²) in [6.07, 6.45) is -0.243. The number of hydrogen-bond donors (Lipinski definition) is 2. The Bertz CT molecular complexity index is 532. The molecule has 1 fully saturated rings. The number of Topliss-reactive ketones (excluding diaryl/α,β-unsaturated/α-hetero) is 1. The summed E-state index contributed by atoms with van der Waals surface area (Å²) in [5, 5.41) is 11.8. The fourth-order valence-corrected chi connectivity index (χ4v) is 2.32. The topological polar surface area (TPSA) is 66.4 Å². The molecule has 0 saturated carbocycles. The Morgan fingerprint density at radius 3 is 2.65 bits per heavy atom. The minimum atomic E-state index is -1.34. The Morgan fingerprint density at radius 1 is 1.47 bits per heavy atom. The number of amides is 1. The maximum absolute atomic E-state index is 13.8. The van der Waals surface area contributed by atoms with Gasteiger partial charge in [-0.3, -0.25) is 9.59 Å². The fraction of sp³-hybridized carbons (Fsp3) is 0.273. The summed E-state index contributed by atoms with van der Waals surface area (Å²) in [4.78, 5) is 22.9. The Hall–Kier alpha value is -1.18. The molecule has 0 aliphatic carbocycles. The quantitative estimate of drug-likeness (QED) is 0.596. The van der Waals surface area contributed by atoms with E-state index in [1.54, 1.807) is 0 Å². The van der Waals surface area contributed by atoms with Crippen LogP contribution in [0.3, 0.4) is 0 Å². The van der Waals surface area contributed by atoms with Gasteiger partial charge in [0.15, 0.2) is 5.78 Å².